The van der Waals surface area contributed by atoms with Crippen molar-refractivity contribution in [1.29, 1.82) is 0 Å². The Kier molecular flexibility index (Phi) is 2.32. The summed E-state index contributed by atoms with van der Waals surface area (Å²) >= 11 is 0. The van der Waals surface area contributed by atoms with Gasteiger partial charge in [-0.05, 0) is 6.92 Å². The predicted octanol–water partition coefficient (Wildman–Crippen LogP) is 0.599. The molecular weight excluding hydrogens is 164 g/mol. The fourth-order valence-corrected chi connectivity index (χ4v) is 0.590. The highest BCUT2D eigenvalue weighted by Crippen LogP contribution is 2.08. The summed E-state index contributed by atoms with van der Waals surface area (Å²) in [6, 6.07) is 0. The van der Waals surface area contributed by atoms with Gasteiger partial charge in [-0.3, -0.25) is 0 Å². The first kappa shape index (κ1) is 8.58. The largest absolute Gasteiger partial charge is 0.511 e. The summed E-state index contributed by atoms with van der Waals surface area (Å²) in [7, 11) is 0. The lowest BCUT2D eigenvalue weighted by Gasteiger charge is -2.06. The van der Waals surface area contributed by atoms with Gasteiger partial charge in [-0.1, -0.05) is 6.58 Å². The Balaban J connectivity index is 2.37. The molecule has 1 atom stereocenters. The molecule has 1 aliphatic rings. The number of hydrogen-bond donors (Lipinski definition) is 0. The van der Waals surface area contributed by atoms with E-state index in [0.717, 1.165) is 0 Å². The zero-order valence-electron chi connectivity index (χ0n) is 6.53. The highest BCUT2D eigenvalue weighted by Gasteiger charge is 2.28. The minimum atomic E-state index is -0.929. The zero-order chi connectivity index (χ0) is 9.14. The van der Waals surface area contributed by atoms with E-state index in [2.05, 4.69) is 20.8 Å². The second-order valence-corrected chi connectivity index (χ2v) is 2.29. The second kappa shape index (κ2) is 3.25. The van der Waals surface area contributed by atoms with Crippen LogP contribution in [-0.4, -0.2) is 25.0 Å². The first-order chi connectivity index (χ1) is 5.59. The van der Waals surface area contributed by atoms with Crippen molar-refractivity contribution < 1.29 is 23.8 Å². The van der Waals surface area contributed by atoms with Gasteiger partial charge in [-0.15, -0.1) is 0 Å². The number of esters is 1. The van der Waals surface area contributed by atoms with E-state index in [1.807, 2.05) is 0 Å². The Morgan fingerprint density at radius 2 is 2.42 bits per heavy atom. The highest BCUT2D eigenvalue weighted by molar-refractivity contribution is 5.87. The molecule has 5 heteroatoms. The lowest BCUT2D eigenvalue weighted by molar-refractivity contribution is -0.157. The number of cyclic esters (lactones) is 2. The number of carbonyl (C=O) groups excluding carboxylic acids is 2. The Morgan fingerprint density at radius 3 is 2.83 bits per heavy atom. The average Bonchev–Trinajstić information content (AvgIpc) is 2.35. The molecule has 1 heterocycles. The molecule has 1 fully saturated rings. The van der Waals surface area contributed by atoms with Crippen LogP contribution >= 0.6 is 0 Å². The van der Waals surface area contributed by atoms with Gasteiger partial charge in [0.25, 0.3) is 6.29 Å². The van der Waals surface area contributed by atoms with Gasteiger partial charge < -0.3 is 14.2 Å². The van der Waals surface area contributed by atoms with E-state index >= 15 is 0 Å². The van der Waals surface area contributed by atoms with E-state index in [1.54, 1.807) is 0 Å². The van der Waals surface area contributed by atoms with Crippen LogP contribution < -0.4 is 0 Å². The zero-order valence-corrected chi connectivity index (χ0v) is 6.53. The van der Waals surface area contributed by atoms with Gasteiger partial charge in [-0.25, -0.2) is 9.59 Å². The van der Waals surface area contributed by atoms with Crippen molar-refractivity contribution in [3.05, 3.63) is 12.2 Å². The summed E-state index contributed by atoms with van der Waals surface area (Å²) in [5.74, 6) is -0.599. The Labute approximate surface area is 68.9 Å². The highest BCUT2D eigenvalue weighted by atomic mass is 16.8. The van der Waals surface area contributed by atoms with E-state index in [1.165, 1.54) is 6.92 Å². The van der Waals surface area contributed by atoms with Crippen molar-refractivity contribution >= 4 is 12.1 Å². The summed E-state index contributed by atoms with van der Waals surface area (Å²) < 4.78 is 13.5. The van der Waals surface area contributed by atoms with Crippen molar-refractivity contribution in [1.82, 2.24) is 0 Å². The lowest BCUT2D eigenvalue weighted by atomic mass is 10.4. The molecule has 0 amide bonds. The molecule has 0 N–H and O–H groups in total. The van der Waals surface area contributed by atoms with E-state index in [9.17, 15) is 9.59 Å². The third-order valence-corrected chi connectivity index (χ3v) is 1.15. The molecule has 1 rings (SSSR count). The molecule has 0 bridgehead atoms. The SMILES string of the molecule is C=C(C)C(=O)OC1COC(=O)O1. The topological polar surface area (TPSA) is 61.8 Å². The van der Waals surface area contributed by atoms with Crippen LogP contribution in [0.15, 0.2) is 12.2 Å². The van der Waals surface area contributed by atoms with Crippen LogP contribution in [-0.2, 0) is 19.0 Å². The van der Waals surface area contributed by atoms with Crippen LogP contribution in [0.2, 0.25) is 0 Å². The molecular formula is C7H8O5. The van der Waals surface area contributed by atoms with Crippen LogP contribution in [0.25, 0.3) is 0 Å². The van der Waals surface area contributed by atoms with Gasteiger partial charge in [0.2, 0.25) is 0 Å². The molecule has 0 aliphatic carbocycles. The first-order valence-corrected chi connectivity index (χ1v) is 3.29. The molecule has 0 saturated carbocycles. The van der Waals surface area contributed by atoms with Gasteiger partial charge in [-0.2, -0.15) is 0 Å². The van der Waals surface area contributed by atoms with Crippen molar-refractivity contribution in [2.24, 2.45) is 0 Å². The summed E-state index contributed by atoms with van der Waals surface area (Å²) in [4.78, 5) is 21.2. The molecule has 0 aromatic carbocycles. The minimum absolute atomic E-state index is 0.0577. The molecule has 1 aliphatic heterocycles. The fourth-order valence-electron chi connectivity index (χ4n) is 0.590. The quantitative estimate of drug-likeness (QED) is 0.450. The van der Waals surface area contributed by atoms with Crippen molar-refractivity contribution in [3.8, 4) is 0 Å². The molecule has 0 radical (unpaired) electrons. The molecule has 12 heavy (non-hydrogen) atoms. The molecule has 5 nitrogen and oxygen atoms in total. The minimum Gasteiger partial charge on any atom is -0.426 e. The average molecular weight is 172 g/mol. The Bertz CT molecular complexity index is 232. The van der Waals surface area contributed by atoms with E-state index in [0.29, 0.717) is 0 Å². The number of hydrogen-bond acceptors (Lipinski definition) is 5. The van der Waals surface area contributed by atoms with Crippen LogP contribution in [0.3, 0.4) is 0 Å². The number of rotatable bonds is 2. The number of carbonyl (C=O) groups is 2. The fraction of sp³-hybridized carbons (Fsp3) is 0.429. The molecule has 0 spiro atoms. The van der Waals surface area contributed by atoms with E-state index in [-0.39, 0.29) is 12.2 Å². The third-order valence-electron chi connectivity index (χ3n) is 1.15. The maximum Gasteiger partial charge on any atom is 0.511 e. The van der Waals surface area contributed by atoms with Crippen LogP contribution in [0.5, 0.6) is 0 Å². The van der Waals surface area contributed by atoms with Crippen molar-refractivity contribution in [2.45, 2.75) is 13.2 Å². The first-order valence-electron chi connectivity index (χ1n) is 3.29. The third kappa shape index (κ3) is 1.98. The van der Waals surface area contributed by atoms with Gasteiger partial charge in [0, 0.05) is 5.57 Å². The van der Waals surface area contributed by atoms with Gasteiger partial charge in [0.15, 0.2) is 6.61 Å². The van der Waals surface area contributed by atoms with Crippen molar-refractivity contribution in [2.75, 3.05) is 6.61 Å². The van der Waals surface area contributed by atoms with Crippen LogP contribution in [0.4, 0.5) is 4.79 Å². The molecule has 66 valence electrons. The maximum absolute atomic E-state index is 10.8. The standard InChI is InChI=1S/C7H8O5/c1-4(2)6(8)11-5-3-10-7(9)12-5/h5H,1,3H2,2H3. The van der Waals surface area contributed by atoms with E-state index in [4.69, 9.17) is 0 Å². The molecule has 1 unspecified atom stereocenters. The van der Waals surface area contributed by atoms with Gasteiger partial charge in [0.05, 0.1) is 0 Å². The van der Waals surface area contributed by atoms with E-state index < -0.39 is 18.4 Å². The normalized spacial score (nSPS) is 21.1. The summed E-state index contributed by atoms with van der Waals surface area (Å²) in [6.45, 7) is 4.80. The molecule has 0 aromatic rings. The maximum atomic E-state index is 10.8. The summed E-state index contributed by atoms with van der Waals surface area (Å²) in [5.41, 5.74) is 0.248. The summed E-state index contributed by atoms with van der Waals surface area (Å²) in [5, 5.41) is 0. The monoisotopic (exact) mass is 172 g/mol. The predicted molar refractivity (Wildman–Crippen MR) is 37.1 cm³/mol. The van der Waals surface area contributed by atoms with Crippen LogP contribution in [0, 0.1) is 0 Å². The molecule has 0 aromatic heterocycles. The Hall–Kier alpha value is -1.52. The molecule has 1 saturated heterocycles. The number of ether oxygens (including phenoxy) is 3. The Morgan fingerprint density at radius 1 is 1.75 bits per heavy atom. The smallest absolute Gasteiger partial charge is 0.426 e. The van der Waals surface area contributed by atoms with Crippen molar-refractivity contribution in [3.63, 3.8) is 0 Å². The lowest BCUT2D eigenvalue weighted by Crippen LogP contribution is -2.20. The van der Waals surface area contributed by atoms with Gasteiger partial charge >= 0.3 is 12.1 Å². The second-order valence-electron chi connectivity index (χ2n) is 2.29. The van der Waals surface area contributed by atoms with Crippen LogP contribution in [0.1, 0.15) is 6.92 Å². The van der Waals surface area contributed by atoms with Gasteiger partial charge in [0.1, 0.15) is 0 Å². The summed E-state index contributed by atoms with van der Waals surface area (Å²) in [6.07, 6.45) is -1.75.